The van der Waals surface area contributed by atoms with Crippen molar-refractivity contribution < 1.29 is 9.47 Å². The second-order valence-electron chi connectivity index (χ2n) is 5.22. The summed E-state index contributed by atoms with van der Waals surface area (Å²) in [5.74, 6) is 1.34. The fourth-order valence-corrected chi connectivity index (χ4v) is 2.68. The van der Waals surface area contributed by atoms with E-state index in [1.165, 1.54) is 19.3 Å². The maximum atomic E-state index is 5.63. The molecule has 1 aliphatic rings. The van der Waals surface area contributed by atoms with Gasteiger partial charge in [0, 0.05) is 26.4 Å². The monoisotopic (exact) mass is 243 g/mol. The minimum atomic E-state index is 0.588. The summed E-state index contributed by atoms with van der Waals surface area (Å²) in [6.07, 6.45) is 4.85. The molecule has 3 unspecified atom stereocenters. The summed E-state index contributed by atoms with van der Waals surface area (Å²) in [4.78, 5) is 0. The standard InChI is InChI=1S/C14H29NO2/c1-4-8-15-14(12(2)7-10-16-3)13-6-5-9-17-11-13/h12-15H,4-11H2,1-3H3. The molecule has 0 aromatic heterocycles. The minimum absolute atomic E-state index is 0.588. The SMILES string of the molecule is CCCNC(C(C)CCOC)C1CCCOC1. The maximum absolute atomic E-state index is 5.63. The number of hydrogen-bond donors (Lipinski definition) is 1. The van der Waals surface area contributed by atoms with E-state index in [4.69, 9.17) is 9.47 Å². The Morgan fingerprint density at radius 3 is 2.88 bits per heavy atom. The molecule has 0 aromatic rings. The normalized spacial score (nSPS) is 24.5. The van der Waals surface area contributed by atoms with E-state index in [1.54, 1.807) is 7.11 Å². The highest BCUT2D eigenvalue weighted by molar-refractivity contribution is 4.82. The fourth-order valence-electron chi connectivity index (χ4n) is 2.68. The van der Waals surface area contributed by atoms with Crippen LogP contribution in [-0.2, 0) is 9.47 Å². The molecule has 1 aliphatic heterocycles. The van der Waals surface area contributed by atoms with E-state index < -0.39 is 0 Å². The van der Waals surface area contributed by atoms with Crippen molar-refractivity contribution in [3.05, 3.63) is 0 Å². The number of hydrogen-bond acceptors (Lipinski definition) is 3. The lowest BCUT2D eigenvalue weighted by atomic mass is 9.84. The number of rotatable bonds is 8. The van der Waals surface area contributed by atoms with Crippen LogP contribution >= 0.6 is 0 Å². The third kappa shape index (κ3) is 5.36. The van der Waals surface area contributed by atoms with Gasteiger partial charge in [-0.25, -0.2) is 0 Å². The first kappa shape index (κ1) is 14.9. The Morgan fingerprint density at radius 1 is 1.47 bits per heavy atom. The zero-order chi connectivity index (χ0) is 12.5. The van der Waals surface area contributed by atoms with Crippen LogP contribution in [0.25, 0.3) is 0 Å². The van der Waals surface area contributed by atoms with Crippen molar-refractivity contribution in [2.45, 2.75) is 45.6 Å². The highest BCUT2D eigenvalue weighted by Gasteiger charge is 2.27. The van der Waals surface area contributed by atoms with Crippen LogP contribution in [0.5, 0.6) is 0 Å². The maximum Gasteiger partial charge on any atom is 0.0509 e. The summed E-state index contributed by atoms with van der Waals surface area (Å²) in [7, 11) is 1.78. The lowest BCUT2D eigenvalue weighted by Crippen LogP contribution is -2.45. The molecule has 1 heterocycles. The van der Waals surface area contributed by atoms with Gasteiger partial charge < -0.3 is 14.8 Å². The Morgan fingerprint density at radius 2 is 2.29 bits per heavy atom. The van der Waals surface area contributed by atoms with Crippen molar-refractivity contribution in [3.8, 4) is 0 Å². The van der Waals surface area contributed by atoms with Crippen LogP contribution in [-0.4, -0.2) is 39.5 Å². The molecule has 1 N–H and O–H groups in total. The number of ether oxygens (including phenoxy) is 2. The Balaban J connectivity index is 2.44. The molecular formula is C14H29NO2. The van der Waals surface area contributed by atoms with Gasteiger partial charge in [0.25, 0.3) is 0 Å². The Labute approximate surface area is 106 Å². The first-order valence-electron chi connectivity index (χ1n) is 7.09. The van der Waals surface area contributed by atoms with E-state index in [1.807, 2.05) is 0 Å². The van der Waals surface area contributed by atoms with Crippen LogP contribution in [0.15, 0.2) is 0 Å². The van der Waals surface area contributed by atoms with Gasteiger partial charge in [0.2, 0.25) is 0 Å². The lowest BCUT2D eigenvalue weighted by molar-refractivity contribution is 0.0268. The average molecular weight is 243 g/mol. The summed E-state index contributed by atoms with van der Waals surface area (Å²) in [5, 5.41) is 3.71. The van der Waals surface area contributed by atoms with Crippen LogP contribution < -0.4 is 5.32 Å². The molecule has 0 radical (unpaired) electrons. The second kappa shape index (κ2) is 8.90. The average Bonchev–Trinajstić information content (AvgIpc) is 2.38. The van der Waals surface area contributed by atoms with Gasteiger partial charge in [-0.3, -0.25) is 0 Å². The summed E-state index contributed by atoms with van der Waals surface area (Å²) in [5.41, 5.74) is 0. The van der Waals surface area contributed by atoms with Crippen molar-refractivity contribution in [1.29, 1.82) is 0 Å². The van der Waals surface area contributed by atoms with Gasteiger partial charge in [-0.15, -0.1) is 0 Å². The van der Waals surface area contributed by atoms with E-state index in [0.29, 0.717) is 17.9 Å². The molecule has 3 nitrogen and oxygen atoms in total. The molecule has 0 spiro atoms. The topological polar surface area (TPSA) is 30.5 Å². The van der Waals surface area contributed by atoms with Gasteiger partial charge in [-0.1, -0.05) is 13.8 Å². The largest absolute Gasteiger partial charge is 0.385 e. The summed E-state index contributed by atoms with van der Waals surface area (Å²) < 4.78 is 10.8. The number of methoxy groups -OCH3 is 1. The van der Waals surface area contributed by atoms with Crippen LogP contribution in [0, 0.1) is 11.8 Å². The Kier molecular flexibility index (Phi) is 7.82. The highest BCUT2D eigenvalue weighted by atomic mass is 16.5. The van der Waals surface area contributed by atoms with E-state index in [9.17, 15) is 0 Å². The first-order chi connectivity index (χ1) is 8.29. The van der Waals surface area contributed by atoms with Crippen molar-refractivity contribution in [2.75, 3.05) is 33.5 Å². The molecule has 102 valence electrons. The zero-order valence-electron chi connectivity index (χ0n) is 11.7. The molecule has 3 heteroatoms. The zero-order valence-corrected chi connectivity index (χ0v) is 11.7. The van der Waals surface area contributed by atoms with Gasteiger partial charge >= 0.3 is 0 Å². The molecule has 17 heavy (non-hydrogen) atoms. The Hall–Kier alpha value is -0.120. The van der Waals surface area contributed by atoms with Crippen LogP contribution in [0.1, 0.15) is 39.5 Å². The molecule has 1 saturated heterocycles. The van der Waals surface area contributed by atoms with Crippen LogP contribution in [0.2, 0.25) is 0 Å². The quantitative estimate of drug-likeness (QED) is 0.710. The van der Waals surface area contributed by atoms with E-state index in [0.717, 1.165) is 32.8 Å². The van der Waals surface area contributed by atoms with E-state index in [-0.39, 0.29) is 0 Å². The summed E-state index contributed by atoms with van der Waals surface area (Å²) >= 11 is 0. The van der Waals surface area contributed by atoms with E-state index >= 15 is 0 Å². The third-order valence-electron chi connectivity index (χ3n) is 3.72. The minimum Gasteiger partial charge on any atom is -0.385 e. The van der Waals surface area contributed by atoms with Gasteiger partial charge in [-0.2, -0.15) is 0 Å². The fraction of sp³-hybridized carbons (Fsp3) is 1.00. The smallest absolute Gasteiger partial charge is 0.0509 e. The van der Waals surface area contributed by atoms with Crippen LogP contribution in [0.3, 0.4) is 0 Å². The van der Waals surface area contributed by atoms with Gasteiger partial charge in [0.1, 0.15) is 0 Å². The van der Waals surface area contributed by atoms with E-state index in [2.05, 4.69) is 19.2 Å². The molecule has 0 bridgehead atoms. The van der Waals surface area contributed by atoms with Crippen molar-refractivity contribution in [3.63, 3.8) is 0 Å². The summed E-state index contributed by atoms with van der Waals surface area (Å²) in [6, 6.07) is 0.588. The lowest BCUT2D eigenvalue weighted by Gasteiger charge is -2.35. The predicted molar refractivity (Wildman–Crippen MR) is 71.3 cm³/mol. The van der Waals surface area contributed by atoms with Gasteiger partial charge in [-0.05, 0) is 44.1 Å². The van der Waals surface area contributed by atoms with Gasteiger partial charge in [0.05, 0.1) is 6.61 Å². The molecule has 1 fully saturated rings. The third-order valence-corrected chi connectivity index (χ3v) is 3.72. The highest BCUT2D eigenvalue weighted by Crippen LogP contribution is 2.24. The molecule has 0 aromatic carbocycles. The second-order valence-corrected chi connectivity index (χ2v) is 5.22. The van der Waals surface area contributed by atoms with Crippen molar-refractivity contribution in [2.24, 2.45) is 11.8 Å². The van der Waals surface area contributed by atoms with Gasteiger partial charge in [0.15, 0.2) is 0 Å². The molecule has 0 aliphatic carbocycles. The van der Waals surface area contributed by atoms with Crippen LogP contribution in [0.4, 0.5) is 0 Å². The first-order valence-corrected chi connectivity index (χ1v) is 7.09. The predicted octanol–water partition coefficient (Wildman–Crippen LogP) is 2.45. The molecule has 0 amide bonds. The Bertz CT molecular complexity index is 181. The molecule has 1 rings (SSSR count). The molecule has 3 atom stereocenters. The number of nitrogens with one attached hydrogen (secondary N) is 1. The summed E-state index contributed by atoms with van der Waals surface area (Å²) in [6.45, 7) is 8.40. The molecule has 0 saturated carbocycles. The molecular weight excluding hydrogens is 214 g/mol. The van der Waals surface area contributed by atoms with Crippen molar-refractivity contribution in [1.82, 2.24) is 5.32 Å². The van der Waals surface area contributed by atoms with Crippen molar-refractivity contribution >= 4 is 0 Å².